The molecule has 134 valence electrons. The molecule has 0 bridgehead atoms. The minimum atomic E-state index is -0.0807. The minimum absolute atomic E-state index is 0.0807. The molecule has 1 amide bonds. The van der Waals surface area contributed by atoms with Crippen LogP contribution in [0.5, 0.6) is 0 Å². The SMILES string of the molecule is CO[C@H]1C[C@@H](C(=O)N2CCCN(c3ccccc3C#N)CC2)N(C)C1. The molecule has 0 unspecified atom stereocenters. The van der Waals surface area contributed by atoms with Crippen molar-refractivity contribution in [2.75, 3.05) is 51.8 Å². The standard InChI is InChI=1S/C19H26N4O2/c1-21-14-16(25-2)12-18(21)19(24)23-9-5-8-22(10-11-23)17-7-4-3-6-15(17)13-20/h3-4,6-7,16,18H,5,8-12,14H2,1-2H3/t16-,18-/m0/s1. The molecule has 1 aromatic carbocycles. The Bertz CT molecular complexity index is 657. The second kappa shape index (κ2) is 7.85. The summed E-state index contributed by atoms with van der Waals surface area (Å²) in [6, 6.07) is 9.87. The number of carbonyl (C=O) groups is 1. The van der Waals surface area contributed by atoms with E-state index < -0.39 is 0 Å². The van der Waals surface area contributed by atoms with Crippen LogP contribution >= 0.6 is 0 Å². The van der Waals surface area contributed by atoms with Crippen LogP contribution in [0.4, 0.5) is 5.69 Å². The summed E-state index contributed by atoms with van der Waals surface area (Å²) in [7, 11) is 3.71. The van der Waals surface area contributed by atoms with Crippen LogP contribution in [0.3, 0.4) is 0 Å². The Hall–Kier alpha value is -2.10. The van der Waals surface area contributed by atoms with Crippen molar-refractivity contribution in [3.8, 4) is 6.07 Å². The maximum Gasteiger partial charge on any atom is 0.240 e. The van der Waals surface area contributed by atoms with E-state index in [0.29, 0.717) is 12.1 Å². The van der Waals surface area contributed by atoms with Gasteiger partial charge in [-0.25, -0.2) is 0 Å². The van der Waals surface area contributed by atoms with Crippen LogP contribution in [0, 0.1) is 11.3 Å². The molecule has 2 fully saturated rings. The third-order valence-corrected chi connectivity index (χ3v) is 5.30. The van der Waals surface area contributed by atoms with Crippen LogP contribution in [0.1, 0.15) is 18.4 Å². The predicted molar refractivity (Wildman–Crippen MR) is 96.4 cm³/mol. The van der Waals surface area contributed by atoms with Gasteiger partial charge in [-0.05, 0) is 32.0 Å². The van der Waals surface area contributed by atoms with Gasteiger partial charge in [0.1, 0.15) is 6.07 Å². The van der Waals surface area contributed by atoms with E-state index in [1.165, 1.54) is 0 Å². The molecular weight excluding hydrogens is 316 g/mol. The zero-order valence-corrected chi connectivity index (χ0v) is 15.0. The molecule has 6 nitrogen and oxygen atoms in total. The van der Waals surface area contributed by atoms with Crippen molar-refractivity contribution in [3.05, 3.63) is 29.8 Å². The molecule has 2 atom stereocenters. The lowest BCUT2D eigenvalue weighted by Crippen LogP contribution is -2.45. The number of hydrogen-bond acceptors (Lipinski definition) is 5. The number of likely N-dealkylation sites (N-methyl/N-ethyl adjacent to an activating group) is 1. The fourth-order valence-corrected chi connectivity index (χ4v) is 3.85. The van der Waals surface area contributed by atoms with Gasteiger partial charge in [-0.2, -0.15) is 5.26 Å². The van der Waals surface area contributed by atoms with Gasteiger partial charge in [0, 0.05) is 39.8 Å². The van der Waals surface area contributed by atoms with Crippen molar-refractivity contribution in [1.82, 2.24) is 9.80 Å². The number of nitrogens with zero attached hydrogens (tertiary/aromatic N) is 4. The first-order valence-electron chi connectivity index (χ1n) is 8.90. The quantitative estimate of drug-likeness (QED) is 0.829. The lowest BCUT2D eigenvalue weighted by molar-refractivity contribution is -0.135. The first-order chi connectivity index (χ1) is 12.1. The first kappa shape index (κ1) is 17.7. The monoisotopic (exact) mass is 342 g/mol. The van der Waals surface area contributed by atoms with E-state index in [2.05, 4.69) is 15.9 Å². The van der Waals surface area contributed by atoms with Crippen LogP contribution in [0.25, 0.3) is 0 Å². The molecule has 0 aromatic heterocycles. The average Bonchev–Trinajstić information content (AvgIpc) is 2.86. The van der Waals surface area contributed by atoms with Gasteiger partial charge in [-0.15, -0.1) is 0 Å². The normalized spacial score (nSPS) is 24.8. The van der Waals surface area contributed by atoms with Crippen molar-refractivity contribution in [1.29, 1.82) is 5.26 Å². The molecule has 0 N–H and O–H groups in total. The summed E-state index contributed by atoms with van der Waals surface area (Å²) in [6.07, 6.45) is 1.82. The summed E-state index contributed by atoms with van der Waals surface area (Å²) in [5.41, 5.74) is 1.66. The molecule has 0 saturated carbocycles. The molecule has 3 rings (SSSR count). The van der Waals surface area contributed by atoms with Gasteiger partial charge in [0.05, 0.1) is 23.4 Å². The number of benzene rings is 1. The van der Waals surface area contributed by atoms with Crippen molar-refractivity contribution in [2.24, 2.45) is 0 Å². The Kier molecular flexibility index (Phi) is 5.57. The Morgan fingerprint density at radius 1 is 1.24 bits per heavy atom. The van der Waals surface area contributed by atoms with E-state index in [1.807, 2.05) is 36.2 Å². The van der Waals surface area contributed by atoms with E-state index >= 15 is 0 Å². The van der Waals surface area contributed by atoms with Gasteiger partial charge in [-0.1, -0.05) is 12.1 Å². The van der Waals surface area contributed by atoms with Crippen LogP contribution in [0.2, 0.25) is 0 Å². The second-order valence-electron chi connectivity index (χ2n) is 6.84. The lowest BCUT2D eigenvalue weighted by Gasteiger charge is -2.28. The number of nitriles is 1. The summed E-state index contributed by atoms with van der Waals surface area (Å²) >= 11 is 0. The van der Waals surface area contributed by atoms with Gasteiger partial charge >= 0.3 is 0 Å². The average molecular weight is 342 g/mol. The third-order valence-electron chi connectivity index (χ3n) is 5.30. The lowest BCUT2D eigenvalue weighted by atomic mass is 10.1. The van der Waals surface area contributed by atoms with Gasteiger partial charge in [0.2, 0.25) is 5.91 Å². The Morgan fingerprint density at radius 3 is 2.76 bits per heavy atom. The topological polar surface area (TPSA) is 59.8 Å². The molecule has 6 heteroatoms. The van der Waals surface area contributed by atoms with Crippen molar-refractivity contribution < 1.29 is 9.53 Å². The van der Waals surface area contributed by atoms with E-state index in [-0.39, 0.29) is 18.1 Å². The molecule has 2 heterocycles. The number of rotatable bonds is 3. The van der Waals surface area contributed by atoms with Crippen molar-refractivity contribution in [3.63, 3.8) is 0 Å². The molecule has 0 spiro atoms. The second-order valence-corrected chi connectivity index (χ2v) is 6.84. The van der Waals surface area contributed by atoms with Gasteiger partial charge in [0.25, 0.3) is 0 Å². The highest BCUT2D eigenvalue weighted by atomic mass is 16.5. The smallest absolute Gasteiger partial charge is 0.240 e. The Balaban J connectivity index is 1.66. The summed E-state index contributed by atoms with van der Waals surface area (Å²) in [6.45, 7) is 3.90. The third kappa shape index (κ3) is 3.78. The predicted octanol–water partition coefficient (Wildman–Crippen LogP) is 1.32. The van der Waals surface area contributed by atoms with Crippen LogP contribution in [-0.2, 0) is 9.53 Å². The van der Waals surface area contributed by atoms with Gasteiger partial charge in [-0.3, -0.25) is 9.69 Å². The maximum atomic E-state index is 12.9. The van der Waals surface area contributed by atoms with Crippen LogP contribution < -0.4 is 4.90 Å². The van der Waals surface area contributed by atoms with E-state index in [1.54, 1.807) is 7.11 Å². The highest BCUT2D eigenvalue weighted by molar-refractivity contribution is 5.82. The first-order valence-corrected chi connectivity index (χ1v) is 8.90. The van der Waals surface area contributed by atoms with Crippen LogP contribution in [-0.4, -0.2) is 74.7 Å². The fraction of sp³-hybridized carbons (Fsp3) is 0.579. The highest BCUT2D eigenvalue weighted by Gasteiger charge is 2.37. The minimum Gasteiger partial charge on any atom is -0.380 e. The van der Waals surface area contributed by atoms with Crippen molar-refractivity contribution in [2.45, 2.75) is 25.0 Å². The molecule has 25 heavy (non-hydrogen) atoms. The fourth-order valence-electron chi connectivity index (χ4n) is 3.85. The zero-order valence-electron chi connectivity index (χ0n) is 15.0. The maximum absolute atomic E-state index is 12.9. The molecular formula is C19H26N4O2. The van der Waals surface area contributed by atoms with Crippen LogP contribution in [0.15, 0.2) is 24.3 Å². The number of anilines is 1. The molecule has 2 saturated heterocycles. The van der Waals surface area contributed by atoms with E-state index in [9.17, 15) is 10.1 Å². The summed E-state index contributed by atoms with van der Waals surface area (Å²) in [4.78, 5) is 19.3. The molecule has 1 aromatic rings. The Morgan fingerprint density at radius 2 is 2.04 bits per heavy atom. The Labute approximate surface area is 149 Å². The molecule has 0 radical (unpaired) electrons. The number of para-hydroxylation sites is 1. The molecule has 2 aliphatic heterocycles. The summed E-state index contributed by atoms with van der Waals surface area (Å²) < 4.78 is 5.42. The summed E-state index contributed by atoms with van der Waals surface area (Å²) in [5, 5.41) is 9.32. The highest BCUT2D eigenvalue weighted by Crippen LogP contribution is 2.23. The molecule has 0 aliphatic carbocycles. The zero-order chi connectivity index (χ0) is 17.8. The molecule has 2 aliphatic rings. The number of methoxy groups -OCH3 is 1. The summed E-state index contributed by atoms with van der Waals surface area (Å²) in [5.74, 6) is 0.206. The van der Waals surface area contributed by atoms with E-state index in [4.69, 9.17) is 4.74 Å². The van der Waals surface area contributed by atoms with Gasteiger partial charge < -0.3 is 14.5 Å². The number of amides is 1. The number of carbonyl (C=O) groups excluding carboxylic acids is 1. The van der Waals surface area contributed by atoms with E-state index in [0.717, 1.165) is 44.7 Å². The largest absolute Gasteiger partial charge is 0.380 e. The van der Waals surface area contributed by atoms with Crippen molar-refractivity contribution >= 4 is 11.6 Å². The van der Waals surface area contributed by atoms with Gasteiger partial charge in [0.15, 0.2) is 0 Å². The number of hydrogen-bond donors (Lipinski definition) is 0. The number of ether oxygens (including phenoxy) is 1. The number of likely N-dealkylation sites (tertiary alicyclic amines) is 1.